The number of esters is 1. The van der Waals surface area contributed by atoms with Crippen molar-refractivity contribution >= 4 is 31.5 Å². The minimum Gasteiger partial charge on any atom is -0.458 e. The van der Waals surface area contributed by atoms with Crippen LogP contribution in [0.2, 0.25) is 0 Å². The second kappa shape index (κ2) is 18.4. The van der Waals surface area contributed by atoms with Crippen LogP contribution in [0, 0.1) is 5.92 Å². The minimum atomic E-state index is -4.16. The predicted molar refractivity (Wildman–Crippen MR) is 163 cm³/mol. The first-order valence-corrected chi connectivity index (χ1v) is 15.5. The van der Waals surface area contributed by atoms with Crippen LogP contribution >= 0.6 is 7.82 Å². The van der Waals surface area contributed by atoms with Crippen LogP contribution in [0.5, 0.6) is 0 Å². The van der Waals surface area contributed by atoms with E-state index in [2.05, 4.69) is 29.1 Å². The Morgan fingerprint density at radius 1 is 0.860 bits per heavy atom. The van der Waals surface area contributed by atoms with Crippen molar-refractivity contribution in [1.82, 2.24) is 16.0 Å². The van der Waals surface area contributed by atoms with Crippen LogP contribution in [0.15, 0.2) is 55.6 Å². The second-order valence-electron chi connectivity index (χ2n) is 11.1. The van der Waals surface area contributed by atoms with Gasteiger partial charge in [0.05, 0.1) is 26.2 Å². The van der Waals surface area contributed by atoms with Crippen LogP contribution in [0.1, 0.15) is 53.5 Å². The van der Waals surface area contributed by atoms with Gasteiger partial charge in [0.2, 0.25) is 17.7 Å². The zero-order valence-electron chi connectivity index (χ0n) is 25.9. The molecule has 0 aliphatic rings. The van der Waals surface area contributed by atoms with Crippen molar-refractivity contribution in [2.45, 2.75) is 78.1 Å². The van der Waals surface area contributed by atoms with Crippen molar-refractivity contribution < 1.29 is 42.1 Å². The van der Waals surface area contributed by atoms with E-state index in [0.29, 0.717) is 6.42 Å². The maximum Gasteiger partial charge on any atom is 0.475 e. The summed E-state index contributed by atoms with van der Waals surface area (Å²) in [6, 6.07) is 5.64. The third-order valence-electron chi connectivity index (χ3n) is 5.43. The fraction of sp³-hybridized carbons (Fsp3) is 0.533. The Morgan fingerprint density at radius 3 is 1.95 bits per heavy atom. The summed E-state index contributed by atoms with van der Waals surface area (Å²) in [6.45, 7) is 16.2. The van der Waals surface area contributed by atoms with Gasteiger partial charge in [0, 0.05) is 0 Å². The van der Waals surface area contributed by atoms with Gasteiger partial charge >= 0.3 is 13.8 Å². The van der Waals surface area contributed by atoms with Gasteiger partial charge in [0.15, 0.2) is 6.04 Å². The summed E-state index contributed by atoms with van der Waals surface area (Å²) in [5, 5.41) is 7.81. The van der Waals surface area contributed by atoms with Crippen LogP contribution in [0.3, 0.4) is 0 Å². The van der Waals surface area contributed by atoms with E-state index >= 15 is 0 Å². The van der Waals surface area contributed by atoms with Gasteiger partial charge in [0.1, 0.15) is 17.7 Å². The molecule has 0 unspecified atom stereocenters. The molecule has 0 saturated heterocycles. The van der Waals surface area contributed by atoms with Gasteiger partial charge in [-0.3, -0.25) is 28.0 Å². The summed E-state index contributed by atoms with van der Waals surface area (Å²) in [4.78, 5) is 51.8. The molecule has 12 nitrogen and oxygen atoms in total. The Bertz CT molecular complexity index is 1120. The largest absolute Gasteiger partial charge is 0.475 e. The molecular formula is C30H46N3O9P. The molecule has 0 aromatic heterocycles. The van der Waals surface area contributed by atoms with E-state index in [9.17, 15) is 23.7 Å². The molecule has 0 fully saturated rings. The SMILES string of the molecule is C=CCOP(=O)(OCC=C)OC[C@H](NC(=O)[C@H](C)NC(=O)[C@H](CC(C)C)NC(=O)Cc1ccccc1)C(=O)OC(C)(C)C. The van der Waals surface area contributed by atoms with Gasteiger partial charge < -0.3 is 20.7 Å². The Kier molecular flexibility index (Phi) is 16.1. The number of phosphoric ester groups is 1. The number of carbonyl (C=O) groups is 4. The van der Waals surface area contributed by atoms with Crippen LogP contribution in [-0.2, 0) is 48.5 Å². The van der Waals surface area contributed by atoms with Gasteiger partial charge in [0.25, 0.3) is 0 Å². The Balaban J connectivity index is 2.99. The fourth-order valence-corrected chi connectivity index (χ4v) is 4.64. The number of rotatable bonds is 19. The maximum absolute atomic E-state index is 13.1. The highest BCUT2D eigenvalue weighted by Gasteiger charge is 2.34. The molecule has 0 aliphatic heterocycles. The molecule has 3 N–H and O–H groups in total. The van der Waals surface area contributed by atoms with Gasteiger partial charge in [-0.1, -0.05) is 56.3 Å². The average Bonchev–Trinajstić information content (AvgIpc) is 2.91. The first kappa shape index (κ1) is 37.7. The molecular weight excluding hydrogens is 577 g/mol. The fourth-order valence-electron chi connectivity index (χ4n) is 3.51. The lowest BCUT2D eigenvalue weighted by Crippen LogP contribution is -2.56. The van der Waals surface area contributed by atoms with E-state index in [0.717, 1.165) is 5.56 Å². The number of phosphoric acid groups is 1. The third-order valence-corrected chi connectivity index (χ3v) is 6.82. The van der Waals surface area contributed by atoms with Gasteiger partial charge in [-0.15, -0.1) is 13.2 Å². The van der Waals surface area contributed by atoms with E-state index in [4.69, 9.17) is 18.3 Å². The molecule has 0 aliphatic carbocycles. The number of carbonyl (C=O) groups excluding carboxylic acids is 4. The first-order valence-electron chi connectivity index (χ1n) is 14.0. The Hall–Kier alpha value is -3.31. The maximum atomic E-state index is 13.1. The van der Waals surface area contributed by atoms with E-state index in [1.165, 1.54) is 19.1 Å². The summed E-state index contributed by atoms with van der Waals surface area (Å²) in [5.74, 6) is -2.46. The first-order chi connectivity index (χ1) is 20.1. The molecule has 0 spiro atoms. The van der Waals surface area contributed by atoms with E-state index in [1.807, 2.05) is 44.2 Å². The molecule has 0 bridgehead atoms. The Morgan fingerprint density at radius 2 is 1.44 bits per heavy atom. The molecule has 1 aromatic carbocycles. The number of ether oxygens (including phenoxy) is 1. The lowest BCUT2D eigenvalue weighted by Gasteiger charge is -2.27. The highest BCUT2D eigenvalue weighted by molar-refractivity contribution is 7.48. The number of benzene rings is 1. The van der Waals surface area contributed by atoms with Crippen molar-refractivity contribution in [2.24, 2.45) is 5.92 Å². The number of nitrogens with one attached hydrogen (secondary N) is 3. The quantitative estimate of drug-likeness (QED) is 0.119. The van der Waals surface area contributed by atoms with Gasteiger partial charge in [-0.05, 0) is 45.6 Å². The highest BCUT2D eigenvalue weighted by atomic mass is 31.2. The molecule has 3 amide bonds. The summed E-state index contributed by atoms with van der Waals surface area (Å²) in [7, 11) is -4.16. The standard InChI is InChI=1S/C30H46N3O9P/c1-9-16-39-43(38,40-17-10-2)41-20-25(29(37)42-30(6,7)8)33-27(35)22(5)31-28(36)24(18-21(3)4)32-26(34)19-23-14-12-11-13-15-23/h9-15,21-22,24-25H,1-2,16-20H2,3-8H3,(H,31,36)(H,32,34)(H,33,35)/t22-,24-,25-/m0/s1. The van der Waals surface area contributed by atoms with Crippen LogP contribution in [0.25, 0.3) is 0 Å². The molecule has 13 heteroatoms. The Labute approximate surface area is 254 Å². The van der Waals surface area contributed by atoms with Crippen molar-refractivity contribution in [2.75, 3.05) is 19.8 Å². The zero-order chi connectivity index (χ0) is 32.6. The summed E-state index contributed by atoms with van der Waals surface area (Å²) < 4.78 is 33.9. The van der Waals surface area contributed by atoms with Crippen molar-refractivity contribution in [3.05, 3.63) is 61.2 Å². The van der Waals surface area contributed by atoms with E-state index in [1.54, 1.807) is 20.8 Å². The number of hydrogen-bond donors (Lipinski definition) is 3. The third kappa shape index (κ3) is 15.6. The van der Waals surface area contributed by atoms with Gasteiger partial charge in [-0.2, -0.15) is 0 Å². The van der Waals surface area contributed by atoms with Gasteiger partial charge in [-0.25, -0.2) is 9.36 Å². The average molecular weight is 624 g/mol. The van der Waals surface area contributed by atoms with Crippen molar-refractivity contribution in [3.8, 4) is 0 Å². The molecule has 3 atom stereocenters. The second-order valence-corrected chi connectivity index (χ2v) is 12.8. The number of amides is 3. The zero-order valence-corrected chi connectivity index (χ0v) is 26.8. The van der Waals surface area contributed by atoms with E-state index in [-0.39, 0.29) is 31.5 Å². The molecule has 43 heavy (non-hydrogen) atoms. The molecule has 0 saturated carbocycles. The predicted octanol–water partition coefficient (Wildman–Crippen LogP) is 3.62. The molecule has 1 rings (SSSR count). The van der Waals surface area contributed by atoms with Crippen molar-refractivity contribution in [3.63, 3.8) is 0 Å². The molecule has 0 radical (unpaired) electrons. The summed E-state index contributed by atoms with van der Waals surface area (Å²) in [6.07, 6.45) is 3.09. The van der Waals surface area contributed by atoms with Crippen LogP contribution < -0.4 is 16.0 Å². The molecule has 0 heterocycles. The normalized spacial score (nSPS) is 13.7. The van der Waals surface area contributed by atoms with Crippen LogP contribution in [-0.4, -0.2) is 67.2 Å². The molecule has 1 aromatic rings. The topological polar surface area (TPSA) is 158 Å². The van der Waals surface area contributed by atoms with Crippen molar-refractivity contribution in [1.29, 1.82) is 0 Å². The molecule has 240 valence electrons. The number of hydrogen-bond acceptors (Lipinski definition) is 9. The monoisotopic (exact) mass is 623 g/mol. The lowest BCUT2D eigenvalue weighted by molar-refractivity contribution is -0.159. The van der Waals surface area contributed by atoms with Crippen LogP contribution in [0.4, 0.5) is 0 Å². The summed E-state index contributed by atoms with van der Waals surface area (Å²) in [5.41, 5.74) is -0.120. The minimum absolute atomic E-state index is 0.0629. The summed E-state index contributed by atoms with van der Waals surface area (Å²) >= 11 is 0. The lowest BCUT2D eigenvalue weighted by atomic mass is 10.0. The highest BCUT2D eigenvalue weighted by Crippen LogP contribution is 2.49. The van der Waals surface area contributed by atoms with E-state index < -0.39 is 55.9 Å². The smallest absolute Gasteiger partial charge is 0.458 e.